The number of fused-ring (bicyclic) bond motifs is 1. The molecule has 3 heterocycles. The summed E-state index contributed by atoms with van der Waals surface area (Å²) >= 11 is 0. The van der Waals surface area contributed by atoms with Crippen molar-refractivity contribution in [2.45, 2.75) is 20.8 Å². The summed E-state index contributed by atoms with van der Waals surface area (Å²) in [5, 5.41) is 6.66. The fourth-order valence-corrected chi connectivity index (χ4v) is 4.02. The smallest absolute Gasteiger partial charge is 0.142 e. The molecule has 0 radical (unpaired) electrons. The molecular formula is C24H27N5O2S. The highest BCUT2D eigenvalue weighted by molar-refractivity contribution is 7.89. The molecule has 0 aliphatic heterocycles. The average Bonchev–Trinajstić information content (AvgIpc) is 3.36. The molecule has 0 amide bonds. The van der Waals surface area contributed by atoms with Gasteiger partial charge in [0.25, 0.3) is 0 Å². The largest absolute Gasteiger partial charge is 0.492 e. The number of aryl methyl sites for hydroxylation is 2. The molecule has 0 saturated carbocycles. The van der Waals surface area contributed by atoms with Gasteiger partial charge < -0.3 is 14.4 Å². The molecule has 4 rings (SSSR count). The van der Waals surface area contributed by atoms with E-state index in [4.69, 9.17) is 4.74 Å². The third-order valence-corrected chi connectivity index (χ3v) is 5.81. The van der Waals surface area contributed by atoms with E-state index in [0.717, 1.165) is 50.4 Å². The Hall–Kier alpha value is -3.39. The number of ether oxygens (including phenoxy) is 1. The third kappa shape index (κ3) is 4.45. The molecule has 7 nitrogen and oxygen atoms in total. The van der Waals surface area contributed by atoms with Crippen LogP contribution in [0.15, 0.2) is 54.8 Å². The molecule has 166 valence electrons. The molecule has 0 saturated heterocycles. The van der Waals surface area contributed by atoms with E-state index in [-0.39, 0.29) is 0 Å². The first-order chi connectivity index (χ1) is 15.4. The molecule has 0 aliphatic rings. The van der Waals surface area contributed by atoms with Crippen LogP contribution in [0.1, 0.15) is 19.4 Å². The third-order valence-electron chi connectivity index (χ3n) is 5.09. The minimum absolute atomic E-state index is 0.416. The molecule has 0 fully saturated rings. The zero-order valence-electron chi connectivity index (χ0n) is 18.7. The first kappa shape index (κ1) is 21.8. The van der Waals surface area contributed by atoms with Crippen molar-refractivity contribution in [2.75, 3.05) is 11.3 Å². The van der Waals surface area contributed by atoms with Gasteiger partial charge in [-0.15, -0.1) is 0 Å². The maximum Gasteiger partial charge on any atom is 0.142 e. The van der Waals surface area contributed by atoms with Crippen molar-refractivity contribution >= 4 is 27.7 Å². The second-order valence-electron chi connectivity index (χ2n) is 8.15. The number of rotatable bonds is 8. The summed E-state index contributed by atoms with van der Waals surface area (Å²) in [7, 11) is 0.530. The molecule has 8 heteroatoms. The van der Waals surface area contributed by atoms with E-state index in [1.807, 2.05) is 44.6 Å². The number of H-pyrrole nitrogens is 1. The predicted molar refractivity (Wildman–Crippen MR) is 131 cm³/mol. The molecule has 32 heavy (non-hydrogen) atoms. The Labute approximate surface area is 190 Å². The summed E-state index contributed by atoms with van der Waals surface area (Å²) in [5.74, 6) is 1.14. The van der Waals surface area contributed by atoms with Gasteiger partial charge in [0, 0.05) is 35.2 Å². The molecule has 1 unspecified atom stereocenters. The van der Waals surface area contributed by atoms with Crippen LogP contribution in [-0.2, 0) is 18.0 Å². The van der Waals surface area contributed by atoms with Crippen LogP contribution in [0, 0.1) is 12.8 Å². The summed E-state index contributed by atoms with van der Waals surface area (Å²) in [5.41, 5.74) is 6.37. The van der Waals surface area contributed by atoms with Gasteiger partial charge in [-0.1, -0.05) is 32.6 Å². The van der Waals surface area contributed by atoms with Crippen molar-refractivity contribution in [1.29, 1.82) is 0 Å². The SMILES string of the molecule is C=CS(=O)Nc1cc(-c2c(-c3cnn(C)c3)[nH]c3ncc(OCC(C)C)cc23)ccc1C. The lowest BCUT2D eigenvalue weighted by molar-refractivity contribution is 0.270. The van der Waals surface area contributed by atoms with Crippen molar-refractivity contribution in [2.24, 2.45) is 13.0 Å². The summed E-state index contributed by atoms with van der Waals surface area (Å²) in [4.78, 5) is 8.07. The maximum atomic E-state index is 12.0. The second kappa shape index (κ2) is 9.00. The molecular weight excluding hydrogens is 422 g/mol. The average molecular weight is 450 g/mol. The van der Waals surface area contributed by atoms with E-state index in [2.05, 4.69) is 46.3 Å². The molecule has 0 aliphatic carbocycles. The number of pyridine rings is 1. The summed E-state index contributed by atoms with van der Waals surface area (Å²) in [6.07, 6.45) is 5.53. The number of hydrogen-bond donors (Lipinski definition) is 2. The molecule has 0 bridgehead atoms. The van der Waals surface area contributed by atoms with Crippen LogP contribution in [0.5, 0.6) is 5.75 Å². The fraction of sp³-hybridized carbons (Fsp3) is 0.250. The quantitative estimate of drug-likeness (QED) is 0.388. The van der Waals surface area contributed by atoms with Gasteiger partial charge in [0.15, 0.2) is 0 Å². The monoisotopic (exact) mass is 449 g/mol. The van der Waals surface area contributed by atoms with Crippen molar-refractivity contribution in [1.82, 2.24) is 19.7 Å². The van der Waals surface area contributed by atoms with Crippen LogP contribution in [0.25, 0.3) is 33.4 Å². The van der Waals surface area contributed by atoms with Gasteiger partial charge in [-0.25, -0.2) is 9.19 Å². The minimum Gasteiger partial charge on any atom is -0.492 e. The number of aromatic nitrogens is 4. The van der Waals surface area contributed by atoms with Gasteiger partial charge in [0.1, 0.15) is 22.4 Å². The number of nitrogens with zero attached hydrogens (tertiary/aromatic N) is 3. The molecule has 2 N–H and O–H groups in total. The van der Waals surface area contributed by atoms with Crippen molar-refractivity contribution < 1.29 is 8.95 Å². The zero-order valence-corrected chi connectivity index (χ0v) is 19.5. The van der Waals surface area contributed by atoms with Crippen molar-refractivity contribution in [3.63, 3.8) is 0 Å². The van der Waals surface area contributed by atoms with Gasteiger partial charge >= 0.3 is 0 Å². The summed E-state index contributed by atoms with van der Waals surface area (Å²) in [6.45, 7) is 10.4. The van der Waals surface area contributed by atoms with Crippen LogP contribution in [0.4, 0.5) is 5.69 Å². The summed E-state index contributed by atoms with van der Waals surface area (Å²) < 4.78 is 22.8. The predicted octanol–water partition coefficient (Wildman–Crippen LogP) is 5.19. The standard InChI is InChI=1S/C24H27N5O2S/c1-6-32(30)28-21-9-17(8-7-16(21)4)22-20-10-19(31-14-15(2)3)12-25-24(20)27-23(22)18-11-26-29(5)13-18/h6-13,15,28H,1,14H2,2-5H3,(H,25,27). The second-order valence-corrected chi connectivity index (χ2v) is 9.28. The van der Waals surface area contributed by atoms with E-state index in [1.54, 1.807) is 10.9 Å². The van der Waals surface area contributed by atoms with Crippen molar-refractivity contribution in [3.8, 4) is 28.1 Å². The Kier molecular flexibility index (Phi) is 6.14. The lowest BCUT2D eigenvalue weighted by Crippen LogP contribution is -2.04. The molecule has 0 spiro atoms. The number of benzene rings is 1. The van der Waals surface area contributed by atoms with Gasteiger partial charge in [-0.05, 0) is 36.1 Å². The Morgan fingerprint density at radius 2 is 2.09 bits per heavy atom. The normalized spacial score (nSPS) is 12.3. The van der Waals surface area contributed by atoms with E-state index >= 15 is 0 Å². The highest BCUT2D eigenvalue weighted by atomic mass is 32.2. The highest BCUT2D eigenvalue weighted by Crippen LogP contribution is 2.40. The van der Waals surface area contributed by atoms with E-state index in [1.165, 1.54) is 5.41 Å². The number of anilines is 1. The van der Waals surface area contributed by atoms with Gasteiger partial charge in [-0.3, -0.25) is 4.68 Å². The van der Waals surface area contributed by atoms with Gasteiger partial charge in [0.2, 0.25) is 0 Å². The Balaban J connectivity index is 1.90. The van der Waals surface area contributed by atoms with Crippen LogP contribution in [-0.4, -0.2) is 30.6 Å². The Bertz CT molecular complexity index is 1310. The number of nitrogens with one attached hydrogen (secondary N) is 2. The lowest BCUT2D eigenvalue weighted by atomic mass is 9.98. The lowest BCUT2D eigenvalue weighted by Gasteiger charge is -2.11. The van der Waals surface area contributed by atoms with Gasteiger partial charge in [0.05, 0.1) is 30.4 Å². The number of hydrogen-bond acceptors (Lipinski definition) is 4. The molecule has 1 aromatic carbocycles. The van der Waals surface area contributed by atoms with Crippen LogP contribution in [0.2, 0.25) is 0 Å². The van der Waals surface area contributed by atoms with Crippen LogP contribution in [0.3, 0.4) is 0 Å². The maximum absolute atomic E-state index is 12.0. The topological polar surface area (TPSA) is 84.8 Å². The molecule has 3 aromatic heterocycles. The fourth-order valence-electron chi connectivity index (χ4n) is 3.50. The minimum atomic E-state index is -1.36. The van der Waals surface area contributed by atoms with E-state index in [0.29, 0.717) is 12.5 Å². The Morgan fingerprint density at radius 3 is 2.78 bits per heavy atom. The molecule has 1 atom stereocenters. The molecule has 4 aromatic rings. The van der Waals surface area contributed by atoms with Crippen LogP contribution < -0.4 is 9.46 Å². The van der Waals surface area contributed by atoms with Crippen molar-refractivity contribution in [3.05, 3.63) is 60.4 Å². The first-order valence-electron chi connectivity index (χ1n) is 10.4. The van der Waals surface area contributed by atoms with Gasteiger partial charge in [-0.2, -0.15) is 5.10 Å². The highest BCUT2D eigenvalue weighted by Gasteiger charge is 2.19. The number of aromatic amines is 1. The summed E-state index contributed by atoms with van der Waals surface area (Å²) in [6, 6.07) is 8.09. The first-order valence-corrected chi connectivity index (χ1v) is 11.6. The zero-order chi connectivity index (χ0) is 22.8. The van der Waals surface area contributed by atoms with E-state index < -0.39 is 11.0 Å². The van der Waals surface area contributed by atoms with Crippen LogP contribution >= 0.6 is 0 Å². The van der Waals surface area contributed by atoms with E-state index in [9.17, 15) is 4.21 Å². The Morgan fingerprint density at radius 1 is 1.28 bits per heavy atom.